The Balaban J connectivity index is 2.55. The third kappa shape index (κ3) is 1.57. The third-order valence-electron chi connectivity index (χ3n) is 1.85. The van der Waals surface area contributed by atoms with Crippen LogP contribution in [0.3, 0.4) is 0 Å². The summed E-state index contributed by atoms with van der Waals surface area (Å²) >= 11 is 1.57. The number of rotatable bonds is 2. The van der Waals surface area contributed by atoms with Crippen LogP contribution < -0.4 is 0 Å². The first-order valence-electron chi connectivity index (χ1n) is 3.97. The lowest BCUT2D eigenvalue weighted by atomic mass is 10.2. The van der Waals surface area contributed by atoms with Crippen molar-refractivity contribution in [2.75, 3.05) is 7.11 Å². The molecule has 68 valence electrons. The van der Waals surface area contributed by atoms with E-state index in [9.17, 15) is 4.39 Å². The molecule has 13 heavy (non-hydrogen) atoms. The lowest BCUT2D eigenvalue weighted by Gasteiger charge is -1.89. The zero-order chi connectivity index (χ0) is 9.26. The molecule has 0 aliphatic rings. The van der Waals surface area contributed by atoms with Crippen molar-refractivity contribution in [3.8, 4) is 0 Å². The summed E-state index contributed by atoms with van der Waals surface area (Å²) in [5.41, 5.74) is 0. The number of thiophene rings is 1. The second-order valence-electron chi connectivity index (χ2n) is 2.80. The summed E-state index contributed by atoms with van der Waals surface area (Å²) in [6, 6.07) is 6.97. The average Bonchev–Trinajstić information content (AvgIpc) is 2.49. The molecule has 2 aromatic rings. The predicted molar refractivity (Wildman–Crippen MR) is 52.5 cm³/mol. The van der Waals surface area contributed by atoms with Crippen LogP contribution in [0.1, 0.15) is 4.88 Å². The third-order valence-corrected chi connectivity index (χ3v) is 2.92. The SMILES string of the molecule is COCc1cc2c(F)cccc2s1. The van der Waals surface area contributed by atoms with E-state index in [1.165, 1.54) is 6.07 Å². The highest BCUT2D eigenvalue weighted by molar-refractivity contribution is 7.19. The molecule has 0 saturated heterocycles. The molecule has 0 amide bonds. The van der Waals surface area contributed by atoms with Crippen molar-refractivity contribution in [1.29, 1.82) is 0 Å². The molecule has 1 aromatic heterocycles. The fourth-order valence-corrected chi connectivity index (χ4v) is 2.34. The van der Waals surface area contributed by atoms with Gasteiger partial charge in [0.2, 0.25) is 0 Å². The molecule has 0 aliphatic carbocycles. The topological polar surface area (TPSA) is 9.23 Å². The smallest absolute Gasteiger partial charge is 0.131 e. The Kier molecular flexibility index (Phi) is 2.29. The van der Waals surface area contributed by atoms with E-state index in [1.807, 2.05) is 12.1 Å². The summed E-state index contributed by atoms with van der Waals surface area (Å²) in [5, 5.41) is 0.694. The van der Waals surface area contributed by atoms with Crippen LogP contribution in [0.2, 0.25) is 0 Å². The van der Waals surface area contributed by atoms with Crippen LogP contribution in [0.15, 0.2) is 24.3 Å². The predicted octanol–water partition coefficient (Wildman–Crippen LogP) is 3.19. The lowest BCUT2D eigenvalue weighted by molar-refractivity contribution is 0.187. The maximum absolute atomic E-state index is 13.2. The van der Waals surface area contributed by atoms with Gasteiger partial charge in [-0.15, -0.1) is 11.3 Å². The monoisotopic (exact) mass is 196 g/mol. The minimum Gasteiger partial charge on any atom is -0.379 e. The second-order valence-corrected chi connectivity index (χ2v) is 3.97. The average molecular weight is 196 g/mol. The Hall–Kier alpha value is -0.930. The maximum Gasteiger partial charge on any atom is 0.131 e. The largest absolute Gasteiger partial charge is 0.379 e. The highest BCUT2D eigenvalue weighted by Gasteiger charge is 2.04. The lowest BCUT2D eigenvalue weighted by Crippen LogP contribution is -1.79. The molecular formula is C10H9FOS. The quantitative estimate of drug-likeness (QED) is 0.716. The van der Waals surface area contributed by atoms with Crippen molar-refractivity contribution < 1.29 is 9.13 Å². The first-order chi connectivity index (χ1) is 6.31. The molecule has 0 fully saturated rings. The first kappa shape index (κ1) is 8.66. The Morgan fingerprint density at radius 3 is 3.00 bits per heavy atom. The van der Waals surface area contributed by atoms with Gasteiger partial charge in [0.05, 0.1) is 6.61 Å². The van der Waals surface area contributed by atoms with Gasteiger partial charge in [-0.3, -0.25) is 0 Å². The fourth-order valence-electron chi connectivity index (χ4n) is 1.29. The maximum atomic E-state index is 13.2. The van der Waals surface area contributed by atoms with Crippen molar-refractivity contribution in [2.45, 2.75) is 6.61 Å². The number of ether oxygens (including phenoxy) is 1. The summed E-state index contributed by atoms with van der Waals surface area (Å²) in [6.07, 6.45) is 0. The normalized spacial score (nSPS) is 10.9. The van der Waals surface area contributed by atoms with Gasteiger partial charge in [-0.2, -0.15) is 0 Å². The standard InChI is InChI=1S/C10H9FOS/c1-12-6-7-5-8-9(11)3-2-4-10(8)13-7/h2-5H,6H2,1H3. The van der Waals surface area contributed by atoms with E-state index in [4.69, 9.17) is 4.74 Å². The molecular weight excluding hydrogens is 187 g/mol. The van der Waals surface area contributed by atoms with E-state index in [0.717, 1.165) is 9.58 Å². The van der Waals surface area contributed by atoms with Crippen LogP contribution in [0.5, 0.6) is 0 Å². The number of fused-ring (bicyclic) bond motifs is 1. The highest BCUT2D eigenvalue weighted by atomic mass is 32.1. The molecule has 0 spiro atoms. The highest BCUT2D eigenvalue weighted by Crippen LogP contribution is 2.27. The van der Waals surface area contributed by atoms with Crippen molar-refractivity contribution in [3.05, 3.63) is 35.0 Å². The van der Waals surface area contributed by atoms with E-state index in [1.54, 1.807) is 24.5 Å². The molecule has 1 heterocycles. The summed E-state index contributed by atoms with van der Waals surface area (Å²) < 4.78 is 19.2. The minimum absolute atomic E-state index is 0.156. The van der Waals surface area contributed by atoms with Gasteiger partial charge >= 0.3 is 0 Å². The van der Waals surface area contributed by atoms with Crippen molar-refractivity contribution in [2.24, 2.45) is 0 Å². The molecule has 2 rings (SSSR count). The van der Waals surface area contributed by atoms with Crippen molar-refractivity contribution in [3.63, 3.8) is 0 Å². The van der Waals surface area contributed by atoms with Gasteiger partial charge in [0, 0.05) is 22.1 Å². The molecule has 0 saturated carbocycles. The number of hydrogen-bond acceptors (Lipinski definition) is 2. The second kappa shape index (κ2) is 3.44. The van der Waals surface area contributed by atoms with Gasteiger partial charge < -0.3 is 4.74 Å². The van der Waals surface area contributed by atoms with E-state index < -0.39 is 0 Å². The van der Waals surface area contributed by atoms with Crippen LogP contribution in [0.25, 0.3) is 10.1 Å². The first-order valence-corrected chi connectivity index (χ1v) is 4.79. The van der Waals surface area contributed by atoms with Crippen LogP contribution in [0.4, 0.5) is 4.39 Å². The molecule has 3 heteroatoms. The number of methoxy groups -OCH3 is 1. The zero-order valence-corrected chi connectivity index (χ0v) is 8.03. The van der Waals surface area contributed by atoms with Gasteiger partial charge in [0.25, 0.3) is 0 Å². The minimum atomic E-state index is -0.156. The molecule has 0 atom stereocenters. The van der Waals surface area contributed by atoms with Gasteiger partial charge in [0.1, 0.15) is 5.82 Å². The fraction of sp³-hybridized carbons (Fsp3) is 0.200. The Labute approximate surface area is 79.8 Å². The van der Waals surface area contributed by atoms with Gasteiger partial charge in [-0.05, 0) is 18.2 Å². The number of hydrogen-bond donors (Lipinski definition) is 0. The van der Waals surface area contributed by atoms with Crippen molar-refractivity contribution >= 4 is 21.4 Å². The molecule has 1 nitrogen and oxygen atoms in total. The van der Waals surface area contributed by atoms with Crippen LogP contribution in [-0.2, 0) is 11.3 Å². The molecule has 0 N–H and O–H groups in total. The Bertz CT molecular complexity index is 422. The molecule has 0 unspecified atom stereocenters. The van der Waals surface area contributed by atoms with E-state index in [-0.39, 0.29) is 5.82 Å². The number of benzene rings is 1. The van der Waals surface area contributed by atoms with Crippen molar-refractivity contribution in [1.82, 2.24) is 0 Å². The Morgan fingerprint density at radius 1 is 1.46 bits per heavy atom. The van der Waals surface area contributed by atoms with Gasteiger partial charge in [-0.1, -0.05) is 6.07 Å². The van der Waals surface area contributed by atoms with Gasteiger partial charge in [0.15, 0.2) is 0 Å². The molecule has 0 radical (unpaired) electrons. The molecule has 0 aliphatic heterocycles. The van der Waals surface area contributed by atoms with E-state index in [2.05, 4.69) is 0 Å². The van der Waals surface area contributed by atoms with E-state index in [0.29, 0.717) is 12.0 Å². The molecule has 0 bridgehead atoms. The summed E-state index contributed by atoms with van der Waals surface area (Å²) in [4.78, 5) is 1.06. The number of halogens is 1. The Morgan fingerprint density at radius 2 is 2.31 bits per heavy atom. The summed E-state index contributed by atoms with van der Waals surface area (Å²) in [5.74, 6) is -0.156. The van der Waals surface area contributed by atoms with Crippen LogP contribution in [-0.4, -0.2) is 7.11 Å². The van der Waals surface area contributed by atoms with Crippen LogP contribution >= 0.6 is 11.3 Å². The van der Waals surface area contributed by atoms with E-state index >= 15 is 0 Å². The molecule has 1 aromatic carbocycles. The van der Waals surface area contributed by atoms with Crippen LogP contribution in [0, 0.1) is 5.82 Å². The summed E-state index contributed by atoms with van der Waals surface area (Å²) in [6.45, 7) is 0.554. The zero-order valence-electron chi connectivity index (χ0n) is 7.21. The van der Waals surface area contributed by atoms with Gasteiger partial charge in [-0.25, -0.2) is 4.39 Å². The summed E-state index contributed by atoms with van der Waals surface area (Å²) in [7, 11) is 1.64.